The minimum atomic E-state index is -1.53. The highest BCUT2D eigenvalue weighted by Gasteiger charge is 2.40. The Kier molecular flexibility index (Phi) is 8.39. The zero-order chi connectivity index (χ0) is 32.0. The number of aromatic hydroxyl groups is 1. The first-order chi connectivity index (χ1) is 20.8. The molecule has 44 heavy (non-hydrogen) atoms. The van der Waals surface area contributed by atoms with Crippen LogP contribution in [-0.4, -0.2) is 78.2 Å². The highest BCUT2D eigenvalue weighted by molar-refractivity contribution is 6.06. The highest BCUT2D eigenvalue weighted by Crippen LogP contribution is 2.43. The average Bonchev–Trinajstić information content (AvgIpc) is 2.97. The maximum Gasteiger partial charge on any atom is 0.246 e. The van der Waals surface area contributed by atoms with Crippen LogP contribution in [0.1, 0.15) is 70.3 Å². The molecule has 1 saturated heterocycles. The Morgan fingerprint density at radius 1 is 1.05 bits per heavy atom. The predicted molar refractivity (Wildman–Crippen MR) is 164 cm³/mol. The lowest BCUT2D eigenvalue weighted by Crippen LogP contribution is -2.60. The number of rotatable bonds is 5. The van der Waals surface area contributed by atoms with E-state index in [-0.39, 0.29) is 47.0 Å². The summed E-state index contributed by atoms with van der Waals surface area (Å²) in [5.41, 5.74) is 1.14. The van der Waals surface area contributed by atoms with Gasteiger partial charge in [0.25, 0.3) is 0 Å². The smallest absolute Gasteiger partial charge is 0.246 e. The first-order valence-electron chi connectivity index (χ1n) is 14.6. The molecule has 2 aromatic heterocycles. The van der Waals surface area contributed by atoms with Crippen molar-refractivity contribution in [2.75, 3.05) is 18.0 Å². The molecule has 3 atom stereocenters. The molecule has 5 rings (SSSR count). The maximum absolute atomic E-state index is 16.0. The normalized spacial score (nSPS) is 20.2. The Bertz CT molecular complexity index is 1600. The number of anilines is 2. The van der Waals surface area contributed by atoms with E-state index in [1.807, 2.05) is 46.4 Å². The summed E-state index contributed by atoms with van der Waals surface area (Å²) in [5, 5.41) is 22.3. The molecular weight excluding hydrogens is 568 g/mol. The van der Waals surface area contributed by atoms with Crippen molar-refractivity contribution in [1.29, 1.82) is 0 Å². The molecule has 0 radical (unpaired) electrons. The number of fused-ring (bicyclic) bond motifs is 1. The summed E-state index contributed by atoms with van der Waals surface area (Å²) in [6, 6.07) is 4.37. The van der Waals surface area contributed by atoms with Gasteiger partial charge in [0.05, 0.1) is 28.2 Å². The third-order valence-electron chi connectivity index (χ3n) is 8.05. The van der Waals surface area contributed by atoms with Crippen LogP contribution in [0.2, 0.25) is 0 Å². The van der Waals surface area contributed by atoms with Gasteiger partial charge in [-0.2, -0.15) is 0 Å². The molecule has 0 spiro atoms. The SMILES string of the molecule is C=CC(=O)N1C[C@H](C)N(C2=NC(O)N(c3c(C(C)C)ncnc3C(C)C)c3nc(-c4c(O)cccc4F)c(F)cc32)C[C@H]1C. The largest absolute Gasteiger partial charge is 0.507 e. The molecule has 2 aliphatic heterocycles. The van der Waals surface area contributed by atoms with E-state index in [9.17, 15) is 15.0 Å². The predicted octanol–water partition coefficient (Wildman–Crippen LogP) is 5.05. The Morgan fingerprint density at radius 3 is 2.30 bits per heavy atom. The Morgan fingerprint density at radius 2 is 1.70 bits per heavy atom. The fourth-order valence-electron chi connectivity index (χ4n) is 5.89. The molecule has 10 nitrogen and oxygen atoms in total. The number of phenolic OH excluding ortho intramolecular Hbond substituents is 1. The number of hydrogen-bond donors (Lipinski definition) is 2. The number of carbonyl (C=O) groups excluding carboxylic acids is 1. The molecule has 3 aromatic rings. The molecule has 0 bridgehead atoms. The molecule has 0 aliphatic carbocycles. The molecule has 12 heteroatoms. The van der Waals surface area contributed by atoms with Crippen LogP contribution in [0.4, 0.5) is 20.3 Å². The molecule has 2 N–H and O–H groups in total. The standard InChI is InChI=1S/C32H37F2N7O3/c1-8-24(43)39-13-19(7)40(14-18(39)6)30-20-12-22(34)28(25-21(33)10-9-11-23(25)42)37-31(20)41(32(44)38-30)29-26(16(2)3)35-15-36-27(29)17(4)5/h8-12,15-19,32,42,44H,1,13-14H2,2-7H3/t18-,19+,32?/m1/s1. The van der Waals surface area contributed by atoms with Crippen LogP contribution in [0.3, 0.4) is 0 Å². The maximum atomic E-state index is 16.0. The van der Waals surface area contributed by atoms with Crippen LogP contribution >= 0.6 is 0 Å². The minimum absolute atomic E-state index is 0.0987. The molecule has 232 valence electrons. The van der Waals surface area contributed by atoms with Gasteiger partial charge in [-0.05, 0) is 50.0 Å². The van der Waals surface area contributed by atoms with Gasteiger partial charge in [-0.15, -0.1) is 0 Å². The van der Waals surface area contributed by atoms with Gasteiger partial charge in [0.2, 0.25) is 12.3 Å². The number of carbonyl (C=O) groups is 1. The first kappa shape index (κ1) is 31.0. The van der Waals surface area contributed by atoms with Crippen LogP contribution in [0.15, 0.2) is 48.2 Å². The third kappa shape index (κ3) is 5.27. The number of amidine groups is 1. The number of hydrogen-bond acceptors (Lipinski definition) is 9. The molecule has 1 unspecified atom stereocenters. The van der Waals surface area contributed by atoms with E-state index in [0.717, 1.165) is 6.07 Å². The fourth-order valence-corrected chi connectivity index (χ4v) is 5.89. The summed E-state index contributed by atoms with van der Waals surface area (Å²) >= 11 is 0. The third-order valence-corrected chi connectivity index (χ3v) is 8.05. The van der Waals surface area contributed by atoms with E-state index < -0.39 is 35.0 Å². The van der Waals surface area contributed by atoms with Crippen LogP contribution in [-0.2, 0) is 4.79 Å². The minimum Gasteiger partial charge on any atom is -0.507 e. The van der Waals surface area contributed by atoms with E-state index in [4.69, 9.17) is 0 Å². The molecule has 1 amide bonds. The monoisotopic (exact) mass is 605 g/mol. The van der Waals surface area contributed by atoms with E-state index in [1.54, 1.807) is 4.90 Å². The average molecular weight is 606 g/mol. The summed E-state index contributed by atoms with van der Waals surface area (Å²) in [6.07, 6.45) is 1.20. The number of piperazine rings is 1. The molecule has 1 aromatic carbocycles. The van der Waals surface area contributed by atoms with E-state index >= 15 is 8.78 Å². The van der Waals surface area contributed by atoms with Crippen LogP contribution in [0.5, 0.6) is 5.75 Å². The van der Waals surface area contributed by atoms with Crippen molar-refractivity contribution in [3.8, 4) is 17.0 Å². The Hall–Kier alpha value is -4.45. The second-order valence-electron chi connectivity index (χ2n) is 11.8. The van der Waals surface area contributed by atoms with Crippen molar-refractivity contribution in [3.05, 3.63) is 71.8 Å². The van der Waals surface area contributed by atoms with Gasteiger partial charge in [0.15, 0.2) is 5.82 Å². The van der Waals surface area contributed by atoms with Crippen LogP contribution in [0, 0.1) is 11.6 Å². The number of amides is 1. The summed E-state index contributed by atoms with van der Waals surface area (Å²) in [6.45, 7) is 15.9. The zero-order valence-electron chi connectivity index (χ0n) is 25.7. The number of nitrogens with zero attached hydrogens (tertiary/aromatic N) is 7. The fraction of sp³-hybridized carbons (Fsp3) is 0.406. The quantitative estimate of drug-likeness (QED) is 0.388. The number of phenols is 1. The van der Waals surface area contributed by atoms with E-state index in [0.29, 0.717) is 30.2 Å². The number of halogens is 2. The number of aromatic nitrogens is 3. The van der Waals surface area contributed by atoms with Gasteiger partial charge in [-0.3, -0.25) is 9.69 Å². The Balaban J connectivity index is 1.77. The number of aliphatic hydroxyl groups excluding tert-OH is 1. The lowest BCUT2D eigenvalue weighted by Gasteiger charge is -2.47. The van der Waals surface area contributed by atoms with E-state index in [2.05, 4.69) is 26.5 Å². The first-order valence-corrected chi connectivity index (χ1v) is 14.6. The number of aliphatic imine (C=N–C) groups is 1. The van der Waals surface area contributed by atoms with Crippen LogP contribution in [0.25, 0.3) is 11.3 Å². The van der Waals surface area contributed by atoms with Gasteiger partial charge >= 0.3 is 0 Å². The van der Waals surface area contributed by atoms with Crippen molar-refractivity contribution in [2.45, 2.75) is 71.8 Å². The molecule has 1 fully saturated rings. The van der Waals surface area contributed by atoms with Gasteiger partial charge < -0.3 is 20.0 Å². The highest BCUT2D eigenvalue weighted by atomic mass is 19.1. The van der Waals surface area contributed by atoms with Gasteiger partial charge in [0, 0.05) is 25.2 Å². The van der Waals surface area contributed by atoms with Crippen LogP contribution < -0.4 is 4.90 Å². The lowest BCUT2D eigenvalue weighted by molar-refractivity contribution is -0.130. The van der Waals surface area contributed by atoms with Gasteiger partial charge in [-0.1, -0.05) is 40.3 Å². The number of benzene rings is 1. The molecule has 2 aliphatic rings. The van der Waals surface area contributed by atoms with Gasteiger partial charge in [-0.25, -0.2) is 28.7 Å². The summed E-state index contributed by atoms with van der Waals surface area (Å²) in [7, 11) is 0. The summed E-state index contributed by atoms with van der Waals surface area (Å²) < 4.78 is 31.1. The van der Waals surface area contributed by atoms with Crippen molar-refractivity contribution >= 4 is 23.2 Å². The molecule has 0 saturated carbocycles. The van der Waals surface area contributed by atoms with E-state index in [1.165, 1.54) is 35.5 Å². The Labute approximate surface area is 255 Å². The van der Waals surface area contributed by atoms with Crippen molar-refractivity contribution in [3.63, 3.8) is 0 Å². The second-order valence-corrected chi connectivity index (χ2v) is 11.8. The zero-order valence-corrected chi connectivity index (χ0v) is 25.7. The lowest BCUT2D eigenvalue weighted by atomic mass is 9.99. The summed E-state index contributed by atoms with van der Waals surface area (Å²) in [5.74, 6) is -2.23. The van der Waals surface area contributed by atoms with Crippen molar-refractivity contribution < 1.29 is 23.8 Å². The summed E-state index contributed by atoms with van der Waals surface area (Å²) in [4.78, 5) is 35.9. The number of pyridine rings is 1. The topological polar surface area (TPSA) is 118 Å². The number of aliphatic hydroxyl groups is 1. The van der Waals surface area contributed by atoms with Gasteiger partial charge in [0.1, 0.15) is 35.2 Å². The van der Waals surface area contributed by atoms with Crippen molar-refractivity contribution in [2.24, 2.45) is 4.99 Å². The van der Waals surface area contributed by atoms with Crippen molar-refractivity contribution in [1.82, 2.24) is 24.8 Å². The molecular formula is C32H37F2N7O3. The molecule has 4 heterocycles. The second kappa shape index (κ2) is 11.9.